The van der Waals surface area contributed by atoms with Crippen molar-refractivity contribution in [1.29, 1.82) is 0 Å². The lowest BCUT2D eigenvalue weighted by molar-refractivity contribution is -0.120. The second kappa shape index (κ2) is 7.65. The molecule has 2 heterocycles. The van der Waals surface area contributed by atoms with E-state index in [9.17, 15) is 4.79 Å². The zero-order valence-corrected chi connectivity index (χ0v) is 13.4. The molecule has 5 heteroatoms. The summed E-state index contributed by atoms with van der Waals surface area (Å²) in [5, 5.41) is 5.85. The number of nitrogens with zero attached hydrogens (tertiary/aromatic N) is 2. The largest absolute Gasteiger partial charge is 0.352 e. The Balaban J connectivity index is 1.51. The van der Waals surface area contributed by atoms with Gasteiger partial charge in [0.25, 0.3) is 0 Å². The van der Waals surface area contributed by atoms with Crippen molar-refractivity contribution in [3.05, 3.63) is 82.1 Å². The van der Waals surface area contributed by atoms with E-state index >= 15 is 0 Å². The summed E-state index contributed by atoms with van der Waals surface area (Å²) < 4.78 is 0. The van der Waals surface area contributed by atoms with Gasteiger partial charge in [0.1, 0.15) is 0 Å². The Labute approximate surface area is 139 Å². The van der Waals surface area contributed by atoms with Gasteiger partial charge in [-0.3, -0.25) is 9.78 Å². The van der Waals surface area contributed by atoms with E-state index in [1.54, 1.807) is 17.5 Å². The lowest BCUT2D eigenvalue weighted by Crippen LogP contribution is -2.24. The third kappa shape index (κ3) is 4.72. The average Bonchev–Trinajstić information content (AvgIpc) is 3.02. The topological polar surface area (TPSA) is 54.9 Å². The Hall–Kier alpha value is -2.53. The van der Waals surface area contributed by atoms with Crippen LogP contribution in [0.3, 0.4) is 0 Å². The molecule has 0 saturated heterocycles. The summed E-state index contributed by atoms with van der Waals surface area (Å²) in [6.07, 6.45) is 2.80. The van der Waals surface area contributed by atoms with Crippen LogP contribution in [0.1, 0.15) is 22.0 Å². The second-order valence-electron chi connectivity index (χ2n) is 5.17. The molecule has 23 heavy (non-hydrogen) atoms. The molecule has 0 fully saturated rings. The smallest absolute Gasteiger partial charge is 0.226 e. The highest BCUT2D eigenvalue weighted by Gasteiger charge is 2.08. The maximum atomic E-state index is 12.0. The van der Waals surface area contributed by atoms with Crippen LogP contribution in [0.5, 0.6) is 0 Å². The number of aromatic nitrogens is 2. The molecule has 4 nitrogen and oxygen atoms in total. The summed E-state index contributed by atoms with van der Waals surface area (Å²) in [5.74, 6) is -0.0106. The minimum atomic E-state index is -0.0106. The molecule has 1 amide bonds. The zero-order valence-electron chi connectivity index (χ0n) is 12.6. The van der Waals surface area contributed by atoms with E-state index in [0.29, 0.717) is 19.4 Å². The summed E-state index contributed by atoms with van der Waals surface area (Å²) in [7, 11) is 0. The molecule has 0 bridgehead atoms. The molecule has 0 spiro atoms. The summed E-state index contributed by atoms with van der Waals surface area (Å²) >= 11 is 1.57. The number of benzene rings is 1. The molecule has 0 saturated carbocycles. The minimum absolute atomic E-state index is 0.0106. The molecule has 1 aromatic carbocycles. The normalized spacial score (nSPS) is 10.4. The Morgan fingerprint density at radius 2 is 1.87 bits per heavy atom. The molecule has 0 radical (unpaired) electrons. The lowest BCUT2D eigenvalue weighted by atomic mass is 10.2. The van der Waals surface area contributed by atoms with E-state index in [2.05, 4.69) is 15.3 Å². The van der Waals surface area contributed by atoms with E-state index < -0.39 is 0 Å². The predicted octanol–water partition coefficient (Wildman–Crippen LogP) is 2.99. The molecule has 1 N–H and O–H groups in total. The van der Waals surface area contributed by atoms with Crippen molar-refractivity contribution < 1.29 is 4.79 Å². The number of pyridine rings is 1. The molecular formula is C18H17N3OS. The van der Waals surface area contributed by atoms with Gasteiger partial charge < -0.3 is 5.32 Å². The van der Waals surface area contributed by atoms with Gasteiger partial charge in [0.15, 0.2) is 0 Å². The number of thiazole rings is 1. The van der Waals surface area contributed by atoms with E-state index in [0.717, 1.165) is 22.0 Å². The van der Waals surface area contributed by atoms with Crippen LogP contribution < -0.4 is 5.32 Å². The number of hydrogen-bond donors (Lipinski definition) is 1. The van der Waals surface area contributed by atoms with Crippen LogP contribution in [0.2, 0.25) is 0 Å². The van der Waals surface area contributed by atoms with Gasteiger partial charge in [-0.2, -0.15) is 0 Å². The molecule has 0 aliphatic carbocycles. The molecule has 0 aliphatic rings. The van der Waals surface area contributed by atoms with Gasteiger partial charge in [-0.05, 0) is 17.7 Å². The van der Waals surface area contributed by atoms with Crippen molar-refractivity contribution in [2.45, 2.75) is 19.4 Å². The molecule has 3 aromatic rings. The van der Waals surface area contributed by atoms with Gasteiger partial charge in [-0.25, -0.2) is 4.98 Å². The predicted molar refractivity (Wildman–Crippen MR) is 91.1 cm³/mol. The standard InChI is InChI=1S/C18H17N3OS/c22-17(20-12-14-6-2-1-3-7-14)10-16-13-23-18(21-16)11-15-8-4-5-9-19-15/h1-9,13H,10-12H2,(H,20,22). The van der Waals surface area contributed by atoms with Gasteiger partial charge in [0.05, 0.1) is 17.1 Å². The molecule has 0 aliphatic heterocycles. The highest BCUT2D eigenvalue weighted by atomic mass is 32.1. The third-order valence-electron chi connectivity index (χ3n) is 3.33. The number of rotatable bonds is 6. The van der Waals surface area contributed by atoms with Gasteiger partial charge in [0.2, 0.25) is 5.91 Å². The number of hydrogen-bond acceptors (Lipinski definition) is 4. The Morgan fingerprint density at radius 3 is 2.65 bits per heavy atom. The van der Waals surface area contributed by atoms with Crippen LogP contribution in [0.15, 0.2) is 60.1 Å². The van der Waals surface area contributed by atoms with E-state index in [1.165, 1.54) is 0 Å². The number of carbonyl (C=O) groups is 1. The summed E-state index contributed by atoms with van der Waals surface area (Å²) in [6, 6.07) is 15.7. The maximum Gasteiger partial charge on any atom is 0.226 e. The first-order valence-electron chi connectivity index (χ1n) is 7.43. The first-order chi connectivity index (χ1) is 11.3. The van der Waals surface area contributed by atoms with Gasteiger partial charge >= 0.3 is 0 Å². The molecular weight excluding hydrogens is 306 g/mol. The van der Waals surface area contributed by atoms with Crippen molar-refractivity contribution in [1.82, 2.24) is 15.3 Å². The zero-order chi connectivity index (χ0) is 15.9. The van der Waals surface area contributed by atoms with E-state index in [1.807, 2.05) is 53.9 Å². The first-order valence-corrected chi connectivity index (χ1v) is 8.31. The van der Waals surface area contributed by atoms with Crippen LogP contribution in [0, 0.1) is 0 Å². The van der Waals surface area contributed by atoms with Crippen LogP contribution >= 0.6 is 11.3 Å². The molecule has 3 rings (SSSR count). The van der Waals surface area contributed by atoms with Crippen molar-refractivity contribution >= 4 is 17.2 Å². The molecule has 2 aromatic heterocycles. The fraction of sp³-hybridized carbons (Fsp3) is 0.167. The lowest BCUT2D eigenvalue weighted by Gasteiger charge is -2.03. The Kier molecular flexibility index (Phi) is 5.11. The van der Waals surface area contributed by atoms with Gasteiger partial charge in [0, 0.05) is 30.2 Å². The SMILES string of the molecule is O=C(Cc1csc(Cc2ccccn2)n1)NCc1ccccc1. The van der Waals surface area contributed by atoms with Crippen LogP contribution in [0.25, 0.3) is 0 Å². The van der Waals surface area contributed by atoms with Crippen LogP contribution in [-0.4, -0.2) is 15.9 Å². The summed E-state index contributed by atoms with van der Waals surface area (Å²) in [4.78, 5) is 20.8. The number of carbonyl (C=O) groups excluding carboxylic acids is 1. The second-order valence-corrected chi connectivity index (χ2v) is 6.11. The van der Waals surface area contributed by atoms with Crippen molar-refractivity contribution in [2.24, 2.45) is 0 Å². The molecule has 0 atom stereocenters. The maximum absolute atomic E-state index is 12.0. The highest BCUT2D eigenvalue weighted by Crippen LogP contribution is 2.14. The van der Waals surface area contributed by atoms with Crippen molar-refractivity contribution in [3.8, 4) is 0 Å². The van der Waals surface area contributed by atoms with Crippen molar-refractivity contribution in [3.63, 3.8) is 0 Å². The fourth-order valence-corrected chi connectivity index (χ4v) is 3.00. The van der Waals surface area contributed by atoms with Crippen LogP contribution in [-0.2, 0) is 24.2 Å². The summed E-state index contributed by atoms with van der Waals surface area (Å²) in [5.41, 5.74) is 2.89. The minimum Gasteiger partial charge on any atom is -0.352 e. The quantitative estimate of drug-likeness (QED) is 0.759. The monoisotopic (exact) mass is 323 g/mol. The Bertz CT molecular complexity index is 756. The molecule has 116 valence electrons. The first kappa shape index (κ1) is 15.4. The Morgan fingerprint density at radius 1 is 1.04 bits per heavy atom. The van der Waals surface area contributed by atoms with Gasteiger partial charge in [-0.15, -0.1) is 11.3 Å². The van der Waals surface area contributed by atoms with Crippen molar-refractivity contribution in [2.75, 3.05) is 0 Å². The molecule has 0 unspecified atom stereocenters. The van der Waals surface area contributed by atoms with E-state index in [4.69, 9.17) is 0 Å². The van der Waals surface area contributed by atoms with Gasteiger partial charge in [-0.1, -0.05) is 36.4 Å². The number of nitrogens with one attached hydrogen (secondary N) is 1. The average molecular weight is 323 g/mol. The fourth-order valence-electron chi connectivity index (χ4n) is 2.19. The highest BCUT2D eigenvalue weighted by molar-refractivity contribution is 7.09. The van der Waals surface area contributed by atoms with E-state index in [-0.39, 0.29) is 5.91 Å². The number of amides is 1. The summed E-state index contributed by atoms with van der Waals surface area (Å²) in [6.45, 7) is 0.546. The van der Waals surface area contributed by atoms with Crippen LogP contribution in [0.4, 0.5) is 0 Å². The third-order valence-corrected chi connectivity index (χ3v) is 4.23.